The summed E-state index contributed by atoms with van der Waals surface area (Å²) in [6.07, 6.45) is 13.1. The molecule has 2 saturated carbocycles. The molecule has 0 amide bonds. The Morgan fingerprint density at radius 3 is 1.75 bits per heavy atom. The Morgan fingerprint density at radius 2 is 1.46 bits per heavy atom. The molecule has 4 aliphatic carbocycles. The van der Waals surface area contributed by atoms with Gasteiger partial charge in [-0.15, -0.1) is 0 Å². The first-order chi connectivity index (χ1) is 11.5. The predicted octanol–water partition coefficient (Wildman–Crippen LogP) is 2.17. The van der Waals surface area contributed by atoms with Crippen molar-refractivity contribution in [1.82, 2.24) is 0 Å². The van der Waals surface area contributed by atoms with Crippen LogP contribution in [0.3, 0.4) is 0 Å². The number of esters is 3. The summed E-state index contributed by atoms with van der Waals surface area (Å²) >= 11 is 0. The summed E-state index contributed by atoms with van der Waals surface area (Å²) in [5.74, 6) is 1.37. The average molecular weight is 328 g/mol. The van der Waals surface area contributed by atoms with E-state index in [9.17, 15) is 14.4 Å². The third kappa shape index (κ3) is 1.73. The van der Waals surface area contributed by atoms with Crippen LogP contribution >= 0.6 is 0 Å². The van der Waals surface area contributed by atoms with Crippen molar-refractivity contribution < 1.29 is 23.9 Å². The molecule has 0 aromatic carbocycles. The largest absolute Gasteiger partial charge is 0.464 e. The number of carbonyl (C=O) groups is 3. The molecule has 6 atom stereocenters. The Bertz CT molecular complexity index is 707. The Kier molecular flexibility index (Phi) is 2.76. The predicted molar refractivity (Wildman–Crippen MR) is 82.2 cm³/mol. The van der Waals surface area contributed by atoms with Crippen LogP contribution in [0, 0.1) is 34.5 Å². The van der Waals surface area contributed by atoms with Crippen LogP contribution in [0.5, 0.6) is 0 Å². The summed E-state index contributed by atoms with van der Waals surface area (Å²) in [6.45, 7) is 0.678. The minimum Gasteiger partial charge on any atom is -0.464 e. The maximum Gasteiger partial charge on any atom is 0.320 e. The Hall–Kier alpha value is -1.91. The zero-order chi connectivity index (χ0) is 16.5. The molecule has 6 aliphatic rings. The van der Waals surface area contributed by atoms with E-state index in [1.165, 1.54) is 6.42 Å². The van der Waals surface area contributed by atoms with E-state index in [2.05, 4.69) is 29.0 Å². The van der Waals surface area contributed by atoms with Crippen LogP contribution in [0.25, 0.3) is 0 Å². The van der Waals surface area contributed by atoms with Gasteiger partial charge < -0.3 is 9.47 Å². The van der Waals surface area contributed by atoms with Gasteiger partial charge in [0.15, 0.2) is 0 Å². The highest BCUT2D eigenvalue weighted by Gasteiger charge is 2.61. The lowest BCUT2D eigenvalue weighted by Gasteiger charge is -2.40. The average Bonchev–Trinajstić information content (AvgIpc) is 3.34. The van der Waals surface area contributed by atoms with E-state index in [0.717, 1.165) is 19.3 Å². The molecule has 5 nitrogen and oxygen atoms in total. The van der Waals surface area contributed by atoms with Crippen molar-refractivity contribution in [2.24, 2.45) is 34.5 Å². The Balaban J connectivity index is 0.000000110. The van der Waals surface area contributed by atoms with Crippen molar-refractivity contribution in [2.75, 3.05) is 6.61 Å². The van der Waals surface area contributed by atoms with Crippen LogP contribution in [0.4, 0.5) is 0 Å². The second kappa shape index (κ2) is 4.58. The number of hydrogen-bond donors (Lipinski definition) is 0. The molecule has 0 aromatic rings. The molecule has 2 heterocycles. The fourth-order valence-corrected chi connectivity index (χ4v) is 5.64. The fraction of sp³-hybridized carbons (Fsp3) is 0.632. The van der Waals surface area contributed by atoms with Crippen molar-refractivity contribution in [3.8, 4) is 0 Å². The lowest BCUT2D eigenvalue weighted by atomic mass is 9.73. The second-order valence-corrected chi connectivity index (χ2v) is 8.21. The van der Waals surface area contributed by atoms with Crippen molar-refractivity contribution in [3.05, 3.63) is 24.3 Å². The number of ether oxygens (including phenoxy) is 2. The summed E-state index contributed by atoms with van der Waals surface area (Å²) in [7, 11) is 0. The van der Waals surface area contributed by atoms with Crippen LogP contribution < -0.4 is 0 Å². The first-order valence-electron chi connectivity index (χ1n) is 8.81. The summed E-state index contributed by atoms with van der Waals surface area (Å²) in [5, 5.41) is 0. The lowest BCUT2D eigenvalue weighted by Crippen LogP contribution is -2.50. The molecular formula is C19H20O5. The zero-order valence-electron chi connectivity index (χ0n) is 13.4. The number of fused-ring (bicyclic) bond motifs is 6. The van der Waals surface area contributed by atoms with Gasteiger partial charge in [-0.05, 0) is 49.4 Å². The van der Waals surface area contributed by atoms with Crippen LogP contribution in [-0.4, -0.2) is 24.5 Å². The SMILES string of the molecule is O=C1CC2(CC3C=CC2C3)C(=O)O1.O=C1OCC12CC1C=CC2C1. The van der Waals surface area contributed by atoms with Crippen molar-refractivity contribution in [3.63, 3.8) is 0 Å². The second-order valence-electron chi connectivity index (χ2n) is 8.21. The topological polar surface area (TPSA) is 69.7 Å². The Labute approximate surface area is 140 Å². The van der Waals surface area contributed by atoms with Gasteiger partial charge in [0, 0.05) is 0 Å². The molecule has 126 valence electrons. The standard InChI is InChI=1S/C10H10O3.C9H10O2/c11-8-5-10(9(12)13-8)4-6-1-2-7(10)3-6;10-8-9(5-11-8)4-6-1-2-7(9)3-6/h1-2,6-7H,3-5H2;1-2,6-7H,3-5H2. The van der Waals surface area contributed by atoms with Gasteiger partial charge in [0.05, 0.1) is 11.8 Å². The van der Waals surface area contributed by atoms with Crippen LogP contribution in [-0.2, 0) is 23.9 Å². The van der Waals surface area contributed by atoms with Gasteiger partial charge in [0.2, 0.25) is 0 Å². The smallest absolute Gasteiger partial charge is 0.320 e. The number of rotatable bonds is 0. The van der Waals surface area contributed by atoms with E-state index in [0.29, 0.717) is 30.8 Å². The molecule has 0 radical (unpaired) electrons. The van der Waals surface area contributed by atoms with Gasteiger partial charge in [0.1, 0.15) is 12.0 Å². The number of carbonyl (C=O) groups excluding carboxylic acids is 3. The molecule has 2 saturated heterocycles. The molecule has 24 heavy (non-hydrogen) atoms. The van der Waals surface area contributed by atoms with E-state index in [4.69, 9.17) is 4.74 Å². The normalized spacial score (nSPS) is 48.8. The maximum absolute atomic E-state index is 11.5. The van der Waals surface area contributed by atoms with Gasteiger partial charge in [-0.2, -0.15) is 0 Å². The Morgan fingerprint density at radius 1 is 0.833 bits per heavy atom. The van der Waals surface area contributed by atoms with Crippen molar-refractivity contribution in [2.45, 2.75) is 32.1 Å². The minimum absolute atomic E-state index is 0.0503. The van der Waals surface area contributed by atoms with Gasteiger partial charge in [-0.3, -0.25) is 14.4 Å². The van der Waals surface area contributed by atoms with Crippen LogP contribution in [0.2, 0.25) is 0 Å². The lowest BCUT2D eigenvalue weighted by molar-refractivity contribution is -0.189. The van der Waals surface area contributed by atoms with E-state index < -0.39 is 5.41 Å². The van der Waals surface area contributed by atoms with Crippen molar-refractivity contribution in [1.29, 1.82) is 0 Å². The van der Waals surface area contributed by atoms with E-state index in [1.807, 2.05) is 0 Å². The number of hydrogen-bond acceptors (Lipinski definition) is 5. The molecule has 0 aromatic heterocycles. The highest BCUT2D eigenvalue weighted by Crippen LogP contribution is 2.57. The third-order valence-electron chi connectivity index (χ3n) is 6.96. The molecule has 6 rings (SSSR count). The quantitative estimate of drug-likeness (QED) is 0.387. The molecule has 0 N–H and O–H groups in total. The summed E-state index contributed by atoms with van der Waals surface area (Å²) in [5.41, 5.74) is -0.518. The van der Waals surface area contributed by atoms with E-state index in [1.54, 1.807) is 0 Å². The molecule has 5 heteroatoms. The third-order valence-corrected chi connectivity index (χ3v) is 6.96. The first kappa shape index (κ1) is 14.4. The molecule has 2 spiro atoms. The van der Waals surface area contributed by atoms with Crippen LogP contribution in [0.15, 0.2) is 24.3 Å². The van der Waals surface area contributed by atoms with Crippen LogP contribution in [0.1, 0.15) is 32.1 Å². The van der Waals surface area contributed by atoms with Crippen molar-refractivity contribution >= 4 is 17.9 Å². The molecule has 4 fully saturated rings. The molecule has 2 aliphatic heterocycles. The maximum atomic E-state index is 11.5. The summed E-state index contributed by atoms with van der Waals surface area (Å²) in [6, 6.07) is 0. The summed E-state index contributed by atoms with van der Waals surface area (Å²) in [4.78, 5) is 33.7. The fourth-order valence-electron chi connectivity index (χ4n) is 5.64. The first-order valence-corrected chi connectivity index (χ1v) is 8.81. The van der Waals surface area contributed by atoms with Gasteiger partial charge >= 0.3 is 17.9 Å². The zero-order valence-corrected chi connectivity index (χ0v) is 13.4. The highest BCUT2D eigenvalue weighted by atomic mass is 16.6. The van der Waals surface area contributed by atoms with Gasteiger partial charge in [-0.1, -0.05) is 24.3 Å². The minimum atomic E-state index is -0.462. The monoisotopic (exact) mass is 328 g/mol. The van der Waals surface area contributed by atoms with Gasteiger partial charge in [-0.25, -0.2) is 0 Å². The molecule has 6 unspecified atom stereocenters. The summed E-state index contributed by atoms with van der Waals surface area (Å²) < 4.78 is 9.49. The van der Waals surface area contributed by atoms with E-state index in [-0.39, 0.29) is 29.2 Å². The number of allylic oxidation sites excluding steroid dienone is 4. The molecule has 4 bridgehead atoms. The molecular weight excluding hydrogens is 308 g/mol. The van der Waals surface area contributed by atoms with E-state index >= 15 is 0 Å². The highest BCUT2D eigenvalue weighted by molar-refractivity contribution is 5.98. The van der Waals surface area contributed by atoms with Gasteiger partial charge in [0.25, 0.3) is 0 Å². The number of cyclic esters (lactones) is 3.